The van der Waals surface area contributed by atoms with E-state index in [1.807, 2.05) is 130 Å². The van der Waals surface area contributed by atoms with Gasteiger partial charge in [0.2, 0.25) is 0 Å². The van der Waals surface area contributed by atoms with Gasteiger partial charge in [-0.25, -0.2) is 29.0 Å². The summed E-state index contributed by atoms with van der Waals surface area (Å²) in [4.78, 5) is 24.8. The molecule has 3 aromatic carbocycles. The van der Waals surface area contributed by atoms with Crippen molar-refractivity contribution < 1.29 is 39.5 Å². The number of halogens is 9. The highest BCUT2D eigenvalue weighted by Gasteiger charge is 2.35. The zero-order chi connectivity index (χ0) is 59.7. The van der Waals surface area contributed by atoms with Gasteiger partial charge in [0.25, 0.3) is 0 Å². The van der Waals surface area contributed by atoms with Crippen LogP contribution in [0.1, 0.15) is 73.1 Å². The van der Waals surface area contributed by atoms with Crippen molar-refractivity contribution in [1.29, 1.82) is 0 Å². The first-order chi connectivity index (χ1) is 40.0. The van der Waals surface area contributed by atoms with Crippen molar-refractivity contribution >= 4 is 32.7 Å². The number of hydrogen-bond donors (Lipinski definition) is 3. The van der Waals surface area contributed by atoms with Gasteiger partial charge in [-0.3, -0.25) is 15.0 Å². The van der Waals surface area contributed by atoms with Crippen molar-refractivity contribution in [2.45, 2.75) is 57.4 Å². The van der Waals surface area contributed by atoms with Gasteiger partial charge in [0.05, 0.1) is 69.3 Å². The Labute approximate surface area is 472 Å². The Bertz CT molecular complexity index is 3880. The molecule has 84 heavy (non-hydrogen) atoms. The lowest BCUT2D eigenvalue weighted by atomic mass is 10.1. The fourth-order valence-corrected chi connectivity index (χ4v) is 8.78. The highest BCUT2D eigenvalue weighted by molar-refractivity contribution is 5.87. The first-order valence-corrected chi connectivity index (χ1v) is 25.7. The van der Waals surface area contributed by atoms with Gasteiger partial charge in [-0.1, -0.05) is 72.8 Å². The van der Waals surface area contributed by atoms with Crippen LogP contribution in [-0.2, 0) is 18.5 Å². The van der Waals surface area contributed by atoms with Crippen LogP contribution in [0.4, 0.5) is 39.5 Å². The molecule has 24 heteroatoms. The number of benzene rings is 3. The van der Waals surface area contributed by atoms with Gasteiger partial charge in [0.15, 0.2) is 17.5 Å². The van der Waals surface area contributed by atoms with Crippen molar-refractivity contribution in [3.63, 3.8) is 0 Å². The predicted octanol–water partition coefficient (Wildman–Crippen LogP) is 13.6. The van der Waals surface area contributed by atoms with Gasteiger partial charge in [-0.2, -0.15) is 54.8 Å². The third-order valence-electron chi connectivity index (χ3n) is 13.0. The SMILES string of the molecule is CC(N)c1cccc(-c2ccc3cnn(-c4cccc(C(F)(F)F)n4)c3c2)n1.C[C@@H](N)c1cccc(-c2ccc3cnn(-c4cccc(C(F)(F)F)n4)c3c2)n1.C[C@H](N)c1cccc(-c2ccc3cnn(-c4cccc(C(F)(F)F)n4)c3c2)n1. The zero-order valence-electron chi connectivity index (χ0n) is 44.6. The minimum Gasteiger partial charge on any atom is -0.323 e. The first-order valence-electron chi connectivity index (χ1n) is 25.7. The van der Waals surface area contributed by atoms with Crippen molar-refractivity contribution in [1.82, 2.24) is 59.2 Å². The quantitative estimate of drug-likeness (QED) is 0.115. The van der Waals surface area contributed by atoms with E-state index >= 15 is 0 Å². The van der Waals surface area contributed by atoms with Crippen LogP contribution >= 0.6 is 0 Å². The molecular weight excluding hydrogens is 1100 g/mol. The van der Waals surface area contributed by atoms with Gasteiger partial charge in [-0.15, -0.1) is 0 Å². The fraction of sp³-hybridized carbons (Fsp3) is 0.150. The maximum absolute atomic E-state index is 13.0. The number of aromatic nitrogens is 12. The normalized spacial score (nSPS) is 13.0. The highest BCUT2D eigenvalue weighted by Crippen LogP contribution is 2.34. The van der Waals surface area contributed by atoms with Crippen LogP contribution in [0, 0.1) is 0 Å². The summed E-state index contributed by atoms with van der Waals surface area (Å²) in [6.45, 7) is 5.55. The number of fused-ring (bicyclic) bond motifs is 3. The lowest BCUT2D eigenvalue weighted by molar-refractivity contribution is -0.141. The summed E-state index contributed by atoms with van der Waals surface area (Å²) in [6, 6.07) is 44.1. The lowest BCUT2D eigenvalue weighted by Crippen LogP contribution is -2.10. The van der Waals surface area contributed by atoms with E-state index in [0.717, 1.165) is 85.2 Å². The van der Waals surface area contributed by atoms with Crippen LogP contribution in [0.2, 0.25) is 0 Å². The maximum Gasteiger partial charge on any atom is 0.433 e. The Morgan fingerprint density at radius 2 is 0.595 bits per heavy atom. The van der Waals surface area contributed by atoms with Crippen LogP contribution < -0.4 is 17.2 Å². The average molecular weight is 1150 g/mol. The second kappa shape index (κ2) is 23.2. The molecule has 0 aliphatic rings. The number of rotatable bonds is 9. The molecule has 0 spiro atoms. The monoisotopic (exact) mass is 1150 g/mol. The van der Waals surface area contributed by atoms with E-state index in [9.17, 15) is 39.5 Å². The molecule has 3 atom stereocenters. The van der Waals surface area contributed by atoms with E-state index in [1.54, 1.807) is 18.6 Å². The van der Waals surface area contributed by atoms with Gasteiger partial charge in [0, 0.05) is 51.0 Å². The van der Waals surface area contributed by atoms with E-state index in [2.05, 4.69) is 45.2 Å². The summed E-state index contributed by atoms with van der Waals surface area (Å²) in [5.41, 5.74) is 23.6. The molecule has 0 saturated heterocycles. The molecule has 0 amide bonds. The van der Waals surface area contributed by atoms with E-state index in [0.29, 0.717) is 16.6 Å². The Morgan fingerprint density at radius 1 is 0.333 bits per heavy atom. The predicted molar refractivity (Wildman–Crippen MR) is 299 cm³/mol. The van der Waals surface area contributed by atoms with Gasteiger partial charge < -0.3 is 17.2 Å². The van der Waals surface area contributed by atoms with Gasteiger partial charge in [0.1, 0.15) is 17.1 Å². The van der Waals surface area contributed by atoms with Crippen molar-refractivity contribution in [2.24, 2.45) is 17.2 Å². The van der Waals surface area contributed by atoms with Crippen LogP contribution in [-0.4, -0.2) is 59.2 Å². The number of alkyl halides is 9. The molecule has 426 valence electrons. The summed E-state index contributed by atoms with van der Waals surface area (Å²) >= 11 is 0. The molecule has 12 rings (SSSR count). The van der Waals surface area contributed by atoms with Crippen LogP contribution in [0.25, 0.3) is 83.9 Å². The topological polar surface area (TPSA) is 209 Å². The summed E-state index contributed by atoms with van der Waals surface area (Å²) in [5.74, 6) is 0.290. The van der Waals surface area contributed by atoms with Gasteiger partial charge >= 0.3 is 18.5 Å². The summed E-state index contributed by atoms with van der Waals surface area (Å²) in [7, 11) is 0. The molecule has 0 saturated carbocycles. The molecule has 0 radical (unpaired) electrons. The Balaban J connectivity index is 0.000000140. The van der Waals surface area contributed by atoms with Crippen LogP contribution in [0.3, 0.4) is 0 Å². The van der Waals surface area contributed by atoms with E-state index in [-0.39, 0.29) is 35.6 Å². The maximum atomic E-state index is 13.0. The van der Waals surface area contributed by atoms with Crippen molar-refractivity contribution in [2.75, 3.05) is 0 Å². The van der Waals surface area contributed by atoms with Crippen molar-refractivity contribution in [3.05, 3.63) is 217 Å². The molecule has 0 bridgehead atoms. The van der Waals surface area contributed by atoms with E-state index < -0.39 is 35.6 Å². The Kier molecular flexibility index (Phi) is 15.9. The number of hydrogen-bond acceptors (Lipinski definition) is 12. The summed E-state index contributed by atoms with van der Waals surface area (Å²) in [6.07, 6.45) is -8.79. The lowest BCUT2D eigenvalue weighted by Gasteiger charge is -2.10. The largest absolute Gasteiger partial charge is 0.433 e. The van der Waals surface area contributed by atoms with Crippen LogP contribution in [0.5, 0.6) is 0 Å². The molecule has 9 aromatic heterocycles. The third-order valence-corrected chi connectivity index (χ3v) is 13.0. The minimum absolute atomic E-state index is 0.0965. The number of nitrogens with zero attached hydrogens (tertiary/aromatic N) is 12. The number of nitrogens with two attached hydrogens (primary N) is 3. The third kappa shape index (κ3) is 12.6. The van der Waals surface area contributed by atoms with Gasteiger partial charge in [-0.05, 0) is 112 Å². The molecule has 12 aromatic rings. The minimum atomic E-state index is -4.52. The molecule has 15 nitrogen and oxygen atoms in total. The molecule has 0 aliphatic carbocycles. The molecular formula is C60H48F9N15. The van der Waals surface area contributed by atoms with Crippen LogP contribution in [0.15, 0.2) is 182 Å². The molecule has 0 fully saturated rings. The smallest absolute Gasteiger partial charge is 0.323 e. The molecule has 1 unspecified atom stereocenters. The standard InChI is InChI=1S/3C20H16F3N5/c3*1-12(24)15-4-2-5-16(26-15)13-8-9-14-11-25-28(17(14)10-13)19-7-3-6-18(27-19)20(21,22)23/h3*2-12H,24H2,1H3/t2*12-;/m10./s1. The second-order valence-electron chi connectivity index (χ2n) is 19.3. The zero-order valence-corrected chi connectivity index (χ0v) is 44.6. The number of pyridine rings is 6. The van der Waals surface area contributed by atoms with E-state index in [1.165, 1.54) is 50.4 Å². The molecule has 0 aliphatic heterocycles. The summed E-state index contributed by atoms with van der Waals surface area (Å²) < 4.78 is 121. The van der Waals surface area contributed by atoms with E-state index in [4.69, 9.17) is 17.2 Å². The first kappa shape index (κ1) is 57.5. The second-order valence-corrected chi connectivity index (χ2v) is 19.3. The summed E-state index contributed by atoms with van der Waals surface area (Å²) in [5, 5.41) is 15.0. The van der Waals surface area contributed by atoms with Crippen molar-refractivity contribution in [3.8, 4) is 51.2 Å². The molecule has 6 N–H and O–H groups in total. The average Bonchev–Trinajstić information content (AvgIpc) is 4.25. The Hall–Kier alpha value is -9.78. The Morgan fingerprint density at radius 3 is 0.845 bits per heavy atom. The fourth-order valence-electron chi connectivity index (χ4n) is 8.78. The molecule has 9 heterocycles. The highest BCUT2D eigenvalue weighted by atomic mass is 19.4.